The van der Waals surface area contributed by atoms with E-state index in [2.05, 4.69) is 10.6 Å². The number of anilines is 1. The number of nitrogens with one attached hydrogen (secondary N) is 2. The molecule has 3 amide bonds. The van der Waals surface area contributed by atoms with Crippen molar-refractivity contribution in [2.45, 2.75) is 11.3 Å². The summed E-state index contributed by atoms with van der Waals surface area (Å²) in [7, 11) is 0. The lowest BCUT2D eigenvalue weighted by molar-refractivity contribution is 0.102. The smallest absolute Gasteiger partial charge is 0.317 e. The van der Waals surface area contributed by atoms with Gasteiger partial charge in [-0.25, -0.2) is 9.18 Å². The highest BCUT2D eigenvalue weighted by Gasteiger charge is 2.13. The van der Waals surface area contributed by atoms with Gasteiger partial charge in [-0.3, -0.25) is 10.1 Å². The first-order valence-electron chi connectivity index (χ1n) is 9.55. The van der Waals surface area contributed by atoms with Crippen molar-refractivity contribution in [2.75, 3.05) is 11.1 Å². The van der Waals surface area contributed by atoms with Gasteiger partial charge in [-0.05, 0) is 48.4 Å². The second-order valence-electron chi connectivity index (χ2n) is 6.69. The van der Waals surface area contributed by atoms with Crippen LogP contribution in [-0.4, -0.2) is 27.8 Å². The number of aryl methyl sites for hydroxylation is 1. The standard InChI is InChI=1S/C23H20FN3O3S2/c24-18-7-3-2-6-16(18)21(29)26-19-8-4-1-5-14(19)11-12-32-15-9-10-17(20(28)13-15)22(31)27-23(25)30/h1-10,13,28H,11-12H2,(H,26,29)(H3,25,27,30,31). The molecule has 5 N–H and O–H groups in total. The molecule has 0 fully saturated rings. The number of nitrogens with two attached hydrogens (primary N) is 1. The molecular formula is C23H20FN3O3S2. The highest BCUT2D eigenvalue weighted by atomic mass is 32.2. The summed E-state index contributed by atoms with van der Waals surface area (Å²) < 4.78 is 13.9. The van der Waals surface area contributed by atoms with E-state index in [1.165, 1.54) is 30.0 Å². The van der Waals surface area contributed by atoms with E-state index in [0.29, 0.717) is 23.4 Å². The molecule has 0 heterocycles. The normalized spacial score (nSPS) is 10.4. The maximum absolute atomic E-state index is 13.9. The molecule has 32 heavy (non-hydrogen) atoms. The number of hydrogen-bond acceptors (Lipinski definition) is 5. The fourth-order valence-corrected chi connectivity index (χ4v) is 4.14. The van der Waals surface area contributed by atoms with Gasteiger partial charge in [-0.15, -0.1) is 11.8 Å². The number of halogens is 1. The number of carbonyl (C=O) groups is 2. The molecule has 0 radical (unpaired) electrons. The SMILES string of the molecule is NC(=O)NC(=S)c1ccc(SCCc2ccccc2NC(=O)c2ccccc2F)cc1O. The first-order valence-corrected chi connectivity index (χ1v) is 10.9. The van der Waals surface area contributed by atoms with Gasteiger partial charge < -0.3 is 16.2 Å². The predicted molar refractivity (Wildman–Crippen MR) is 128 cm³/mol. The lowest BCUT2D eigenvalue weighted by Crippen LogP contribution is -2.34. The van der Waals surface area contributed by atoms with Crippen LogP contribution >= 0.6 is 24.0 Å². The Morgan fingerprint density at radius 2 is 1.75 bits per heavy atom. The Balaban J connectivity index is 1.63. The Bertz CT molecular complexity index is 1170. The van der Waals surface area contributed by atoms with Crippen LogP contribution in [-0.2, 0) is 6.42 Å². The van der Waals surface area contributed by atoms with Gasteiger partial charge in [0.05, 0.1) is 11.1 Å². The van der Waals surface area contributed by atoms with Crippen molar-refractivity contribution in [3.8, 4) is 5.75 Å². The zero-order valence-electron chi connectivity index (χ0n) is 16.8. The van der Waals surface area contributed by atoms with Crippen molar-refractivity contribution in [2.24, 2.45) is 5.73 Å². The van der Waals surface area contributed by atoms with Gasteiger partial charge in [0, 0.05) is 16.3 Å². The number of aromatic hydroxyl groups is 1. The first-order chi connectivity index (χ1) is 15.3. The molecule has 0 bridgehead atoms. The summed E-state index contributed by atoms with van der Waals surface area (Å²) in [4.78, 5) is 24.2. The minimum atomic E-state index is -0.798. The monoisotopic (exact) mass is 469 g/mol. The average Bonchev–Trinajstić information content (AvgIpc) is 2.74. The van der Waals surface area contributed by atoms with Crippen molar-refractivity contribution in [3.05, 3.63) is 89.2 Å². The molecular weight excluding hydrogens is 449 g/mol. The Morgan fingerprint density at radius 1 is 1.03 bits per heavy atom. The van der Waals surface area contributed by atoms with Crippen molar-refractivity contribution in [3.63, 3.8) is 0 Å². The number of benzene rings is 3. The fraction of sp³-hybridized carbons (Fsp3) is 0.0870. The molecule has 0 aliphatic heterocycles. The molecule has 0 atom stereocenters. The second kappa shape index (κ2) is 10.7. The zero-order valence-corrected chi connectivity index (χ0v) is 18.4. The number of amides is 3. The van der Waals surface area contributed by atoms with Crippen LogP contribution in [0, 0.1) is 5.82 Å². The summed E-state index contributed by atoms with van der Waals surface area (Å²) >= 11 is 6.54. The number of hydrogen-bond donors (Lipinski definition) is 4. The highest BCUT2D eigenvalue weighted by molar-refractivity contribution is 7.99. The number of para-hydroxylation sites is 1. The highest BCUT2D eigenvalue weighted by Crippen LogP contribution is 2.28. The third-order valence-electron chi connectivity index (χ3n) is 4.47. The van der Waals surface area contributed by atoms with Gasteiger partial charge in [-0.2, -0.15) is 0 Å². The van der Waals surface area contributed by atoms with Gasteiger partial charge in [0.1, 0.15) is 16.6 Å². The van der Waals surface area contributed by atoms with Crippen molar-refractivity contribution in [1.29, 1.82) is 0 Å². The minimum Gasteiger partial charge on any atom is -0.507 e. The molecule has 3 aromatic carbocycles. The predicted octanol–water partition coefficient (Wildman–Crippen LogP) is 4.46. The molecule has 6 nitrogen and oxygen atoms in total. The Morgan fingerprint density at radius 3 is 2.47 bits per heavy atom. The van der Waals surface area contributed by atoms with Crippen molar-refractivity contribution < 1.29 is 19.1 Å². The van der Waals surface area contributed by atoms with E-state index in [0.717, 1.165) is 10.5 Å². The molecule has 3 rings (SSSR count). The van der Waals surface area contributed by atoms with Gasteiger partial charge >= 0.3 is 6.03 Å². The van der Waals surface area contributed by atoms with Crippen LogP contribution in [0.15, 0.2) is 71.6 Å². The number of thioether (sulfide) groups is 1. The van der Waals surface area contributed by atoms with Gasteiger partial charge in [0.2, 0.25) is 0 Å². The first kappa shape index (κ1) is 23.2. The number of urea groups is 1. The van der Waals surface area contributed by atoms with Gasteiger partial charge in [0.25, 0.3) is 5.91 Å². The van der Waals surface area contributed by atoms with Gasteiger partial charge in [-0.1, -0.05) is 42.5 Å². The molecule has 0 aromatic heterocycles. The number of thiocarbonyl (C=S) groups is 1. The number of phenols is 1. The quantitative estimate of drug-likeness (QED) is 0.302. The molecule has 9 heteroatoms. The number of carbonyl (C=O) groups excluding carboxylic acids is 2. The van der Waals surface area contributed by atoms with Crippen LogP contribution in [0.4, 0.5) is 14.9 Å². The molecule has 0 aliphatic carbocycles. The third kappa shape index (κ3) is 6.05. The van der Waals surface area contributed by atoms with E-state index in [4.69, 9.17) is 18.0 Å². The molecule has 164 valence electrons. The summed E-state index contributed by atoms with van der Waals surface area (Å²) in [5.74, 6) is -0.489. The Hall–Kier alpha value is -3.43. The maximum Gasteiger partial charge on any atom is 0.317 e. The Kier molecular flexibility index (Phi) is 7.80. The lowest BCUT2D eigenvalue weighted by Gasteiger charge is -2.12. The van der Waals surface area contributed by atoms with E-state index in [1.54, 1.807) is 36.4 Å². The topological polar surface area (TPSA) is 104 Å². The largest absolute Gasteiger partial charge is 0.507 e. The molecule has 0 aliphatic rings. The van der Waals surface area contributed by atoms with E-state index < -0.39 is 17.8 Å². The average molecular weight is 470 g/mol. The van der Waals surface area contributed by atoms with Crippen LogP contribution in [0.3, 0.4) is 0 Å². The zero-order chi connectivity index (χ0) is 23.1. The van der Waals surface area contributed by atoms with E-state index >= 15 is 0 Å². The molecule has 0 saturated carbocycles. The van der Waals surface area contributed by atoms with Crippen molar-refractivity contribution in [1.82, 2.24) is 5.32 Å². The summed E-state index contributed by atoms with van der Waals surface area (Å²) in [6.07, 6.45) is 0.628. The van der Waals surface area contributed by atoms with E-state index in [9.17, 15) is 19.1 Å². The molecule has 3 aromatic rings. The van der Waals surface area contributed by atoms with E-state index in [1.807, 2.05) is 12.1 Å². The minimum absolute atomic E-state index is 0.0176. The number of phenolic OH excluding ortho intramolecular Hbond substituents is 1. The Labute approximate surface area is 194 Å². The molecule has 0 unspecified atom stereocenters. The van der Waals surface area contributed by atoms with Crippen LogP contribution in [0.25, 0.3) is 0 Å². The second-order valence-corrected chi connectivity index (χ2v) is 8.26. The summed E-state index contributed by atoms with van der Waals surface area (Å²) in [6.45, 7) is 0. The van der Waals surface area contributed by atoms with Crippen LogP contribution in [0.5, 0.6) is 5.75 Å². The van der Waals surface area contributed by atoms with Crippen LogP contribution in [0.1, 0.15) is 21.5 Å². The molecule has 0 spiro atoms. The maximum atomic E-state index is 13.9. The van der Waals surface area contributed by atoms with E-state index in [-0.39, 0.29) is 16.3 Å². The summed E-state index contributed by atoms with van der Waals surface area (Å²) in [6, 6.07) is 17.3. The summed E-state index contributed by atoms with van der Waals surface area (Å²) in [5, 5.41) is 15.2. The van der Waals surface area contributed by atoms with Crippen LogP contribution < -0.4 is 16.4 Å². The van der Waals surface area contributed by atoms with Gasteiger partial charge in [0.15, 0.2) is 0 Å². The molecule has 0 saturated heterocycles. The number of rotatable bonds is 7. The summed E-state index contributed by atoms with van der Waals surface area (Å²) in [5.41, 5.74) is 6.85. The lowest BCUT2D eigenvalue weighted by atomic mass is 10.1. The van der Waals surface area contributed by atoms with Crippen LogP contribution in [0.2, 0.25) is 0 Å². The number of primary amides is 1. The third-order valence-corrected chi connectivity index (χ3v) is 5.79. The van der Waals surface area contributed by atoms with Crippen molar-refractivity contribution >= 4 is 46.6 Å². The fourth-order valence-electron chi connectivity index (χ4n) is 2.95.